The van der Waals surface area contributed by atoms with Gasteiger partial charge in [0.25, 0.3) is 0 Å². The van der Waals surface area contributed by atoms with Crippen LogP contribution in [0.5, 0.6) is 0 Å². The quantitative estimate of drug-likeness (QED) is 0.861. The van der Waals surface area contributed by atoms with Crippen LogP contribution in [0.3, 0.4) is 0 Å². The highest BCUT2D eigenvalue weighted by molar-refractivity contribution is 5.69. The minimum Gasteiger partial charge on any atom is -0.481 e. The summed E-state index contributed by atoms with van der Waals surface area (Å²) in [5, 5.41) is 8.66. The molecule has 1 N–H and O–H groups in total. The molecule has 1 atom stereocenters. The van der Waals surface area contributed by atoms with Crippen LogP contribution >= 0.6 is 0 Å². The Morgan fingerprint density at radius 3 is 3.06 bits per heavy atom. The van der Waals surface area contributed by atoms with Crippen molar-refractivity contribution >= 4 is 5.97 Å². The van der Waals surface area contributed by atoms with Crippen LogP contribution in [0.25, 0.3) is 0 Å². The van der Waals surface area contributed by atoms with Crippen molar-refractivity contribution in [3.63, 3.8) is 0 Å². The summed E-state index contributed by atoms with van der Waals surface area (Å²) in [5.41, 5.74) is 0. The summed E-state index contributed by atoms with van der Waals surface area (Å²) < 4.78 is 5.44. The fraction of sp³-hybridized carbons (Fsp3) is 0.692. The lowest BCUT2D eigenvalue weighted by molar-refractivity contribution is -0.136. The molecular weight excluding hydrogens is 232 g/mol. The SMILES string of the molecule is CC(C)N1CCC(Cc2ncc(CC(=O)O)o2)C1. The normalized spacial score (nSPS) is 20.7. The van der Waals surface area contributed by atoms with E-state index < -0.39 is 5.97 Å². The summed E-state index contributed by atoms with van der Waals surface area (Å²) in [4.78, 5) is 17.2. The van der Waals surface area contributed by atoms with Crippen LogP contribution in [0.1, 0.15) is 31.9 Å². The number of carbonyl (C=O) groups is 1. The predicted octanol–water partition coefficient (Wildman–Crippen LogP) is 1.57. The molecule has 0 bridgehead atoms. The third kappa shape index (κ3) is 3.32. The van der Waals surface area contributed by atoms with Gasteiger partial charge in [0.15, 0.2) is 5.89 Å². The number of hydrogen-bond acceptors (Lipinski definition) is 4. The Balaban J connectivity index is 1.87. The molecule has 0 radical (unpaired) electrons. The molecule has 1 aromatic rings. The zero-order valence-corrected chi connectivity index (χ0v) is 10.9. The van der Waals surface area contributed by atoms with Gasteiger partial charge in [0, 0.05) is 19.0 Å². The molecule has 5 nitrogen and oxygen atoms in total. The van der Waals surface area contributed by atoms with Crippen molar-refractivity contribution in [1.29, 1.82) is 0 Å². The second kappa shape index (κ2) is 5.52. The van der Waals surface area contributed by atoms with Gasteiger partial charge in [-0.05, 0) is 32.7 Å². The monoisotopic (exact) mass is 252 g/mol. The molecular formula is C13H20N2O3. The minimum absolute atomic E-state index is 0.0875. The van der Waals surface area contributed by atoms with Crippen molar-refractivity contribution in [3.8, 4) is 0 Å². The molecule has 0 saturated carbocycles. The Morgan fingerprint density at radius 2 is 2.44 bits per heavy atom. The molecule has 0 aromatic carbocycles. The lowest BCUT2D eigenvalue weighted by Crippen LogP contribution is -2.28. The van der Waals surface area contributed by atoms with E-state index in [0.29, 0.717) is 23.6 Å². The molecule has 0 spiro atoms. The maximum Gasteiger partial charge on any atom is 0.311 e. The van der Waals surface area contributed by atoms with Crippen molar-refractivity contribution < 1.29 is 14.3 Å². The first-order chi connectivity index (χ1) is 8.54. The van der Waals surface area contributed by atoms with Gasteiger partial charge in [-0.2, -0.15) is 0 Å². The third-order valence-corrected chi connectivity index (χ3v) is 3.44. The van der Waals surface area contributed by atoms with Crippen molar-refractivity contribution in [3.05, 3.63) is 17.8 Å². The van der Waals surface area contributed by atoms with Gasteiger partial charge in [0.05, 0.1) is 6.20 Å². The maximum absolute atomic E-state index is 10.5. The number of nitrogens with zero attached hydrogens (tertiary/aromatic N) is 2. The number of carboxylic acids is 1. The molecule has 1 aromatic heterocycles. The summed E-state index contributed by atoms with van der Waals surface area (Å²) >= 11 is 0. The van der Waals surface area contributed by atoms with Crippen molar-refractivity contribution in [1.82, 2.24) is 9.88 Å². The van der Waals surface area contributed by atoms with Gasteiger partial charge in [0.2, 0.25) is 0 Å². The van der Waals surface area contributed by atoms with Gasteiger partial charge in [-0.25, -0.2) is 4.98 Å². The Morgan fingerprint density at radius 1 is 1.67 bits per heavy atom. The first kappa shape index (κ1) is 13.1. The Labute approximate surface area is 107 Å². The zero-order chi connectivity index (χ0) is 13.1. The first-order valence-corrected chi connectivity index (χ1v) is 6.44. The van der Waals surface area contributed by atoms with E-state index in [1.807, 2.05) is 0 Å². The Bertz CT molecular complexity index is 414. The van der Waals surface area contributed by atoms with Crippen molar-refractivity contribution in [2.75, 3.05) is 13.1 Å². The van der Waals surface area contributed by atoms with Crippen molar-refractivity contribution in [2.24, 2.45) is 5.92 Å². The highest BCUT2D eigenvalue weighted by atomic mass is 16.4. The number of hydrogen-bond donors (Lipinski definition) is 1. The van der Waals surface area contributed by atoms with E-state index in [0.717, 1.165) is 25.9 Å². The van der Waals surface area contributed by atoms with E-state index in [9.17, 15) is 4.79 Å². The molecule has 1 saturated heterocycles. The molecule has 1 fully saturated rings. The van der Waals surface area contributed by atoms with E-state index in [4.69, 9.17) is 9.52 Å². The van der Waals surface area contributed by atoms with Crippen LogP contribution in [0.2, 0.25) is 0 Å². The lowest BCUT2D eigenvalue weighted by Gasteiger charge is -2.19. The van der Waals surface area contributed by atoms with Gasteiger partial charge in [0.1, 0.15) is 12.2 Å². The fourth-order valence-corrected chi connectivity index (χ4v) is 2.42. The summed E-state index contributed by atoms with van der Waals surface area (Å²) in [7, 11) is 0. The second-order valence-corrected chi connectivity index (χ2v) is 5.24. The topological polar surface area (TPSA) is 66.6 Å². The molecule has 0 amide bonds. The summed E-state index contributed by atoms with van der Waals surface area (Å²) in [6, 6.07) is 0.585. The average Bonchev–Trinajstić information content (AvgIpc) is 2.88. The van der Waals surface area contributed by atoms with Crippen LogP contribution in [-0.2, 0) is 17.6 Å². The van der Waals surface area contributed by atoms with Gasteiger partial charge < -0.3 is 14.4 Å². The molecule has 2 rings (SSSR count). The van der Waals surface area contributed by atoms with Crippen LogP contribution in [0.15, 0.2) is 10.6 Å². The summed E-state index contributed by atoms with van der Waals surface area (Å²) in [5.74, 6) is 0.798. The highest BCUT2D eigenvalue weighted by Crippen LogP contribution is 2.22. The minimum atomic E-state index is -0.885. The van der Waals surface area contributed by atoms with E-state index >= 15 is 0 Å². The maximum atomic E-state index is 10.5. The molecule has 100 valence electrons. The van der Waals surface area contributed by atoms with E-state index in [1.165, 1.54) is 6.20 Å². The average molecular weight is 252 g/mol. The molecule has 1 aliphatic heterocycles. The van der Waals surface area contributed by atoms with Crippen LogP contribution < -0.4 is 0 Å². The second-order valence-electron chi connectivity index (χ2n) is 5.24. The van der Waals surface area contributed by atoms with Crippen molar-refractivity contribution in [2.45, 2.75) is 39.2 Å². The number of aromatic nitrogens is 1. The van der Waals surface area contributed by atoms with Crippen LogP contribution in [0.4, 0.5) is 0 Å². The van der Waals surface area contributed by atoms with E-state index in [1.54, 1.807) is 0 Å². The molecule has 5 heteroatoms. The predicted molar refractivity (Wildman–Crippen MR) is 66.4 cm³/mol. The standard InChI is InChI=1S/C13H20N2O3/c1-9(2)15-4-3-10(8-15)5-12-14-7-11(18-12)6-13(16)17/h7,9-10H,3-6,8H2,1-2H3,(H,16,17). The summed E-state index contributed by atoms with van der Waals surface area (Å²) in [6.07, 6.45) is 3.41. The fourth-order valence-electron chi connectivity index (χ4n) is 2.42. The van der Waals surface area contributed by atoms with E-state index in [2.05, 4.69) is 23.7 Å². The largest absolute Gasteiger partial charge is 0.481 e. The van der Waals surface area contributed by atoms with Gasteiger partial charge in [-0.1, -0.05) is 0 Å². The number of oxazole rings is 1. The molecule has 0 aliphatic carbocycles. The smallest absolute Gasteiger partial charge is 0.311 e. The first-order valence-electron chi connectivity index (χ1n) is 6.44. The molecule has 1 aliphatic rings. The van der Waals surface area contributed by atoms with E-state index in [-0.39, 0.29) is 6.42 Å². The Hall–Kier alpha value is -1.36. The van der Waals surface area contributed by atoms with Gasteiger partial charge in [-0.15, -0.1) is 0 Å². The van der Waals surface area contributed by atoms with Gasteiger partial charge >= 0.3 is 5.97 Å². The molecule has 2 heterocycles. The number of likely N-dealkylation sites (tertiary alicyclic amines) is 1. The van der Waals surface area contributed by atoms with Gasteiger partial charge in [-0.3, -0.25) is 4.79 Å². The Kier molecular flexibility index (Phi) is 4.01. The number of aliphatic carboxylic acids is 1. The molecule has 18 heavy (non-hydrogen) atoms. The highest BCUT2D eigenvalue weighted by Gasteiger charge is 2.25. The third-order valence-electron chi connectivity index (χ3n) is 3.44. The number of rotatable bonds is 5. The zero-order valence-electron chi connectivity index (χ0n) is 10.9. The lowest BCUT2D eigenvalue weighted by atomic mass is 10.1. The summed E-state index contributed by atoms with van der Waals surface area (Å²) in [6.45, 7) is 6.62. The molecule has 1 unspecified atom stereocenters. The number of carboxylic acid groups (broad SMARTS) is 1. The van der Waals surface area contributed by atoms with Crippen LogP contribution in [-0.4, -0.2) is 40.1 Å². The van der Waals surface area contributed by atoms with Crippen LogP contribution in [0, 0.1) is 5.92 Å².